The van der Waals surface area contributed by atoms with Crippen LogP contribution in [0.1, 0.15) is 42.9 Å². The van der Waals surface area contributed by atoms with E-state index in [1.807, 2.05) is 0 Å². The molecule has 0 bridgehead atoms. The molecule has 20 heavy (non-hydrogen) atoms. The van der Waals surface area contributed by atoms with Gasteiger partial charge in [0.05, 0.1) is 0 Å². The molecule has 0 amide bonds. The minimum Gasteiger partial charge on any atom is -0.381 e. The second kappa shape index (κ2) is 7.80. The monoisotopic (exact) mass is 275 g/mol. The van der Waals surface area contributed by atoms with Crippen LogP contribution in [-0.4, -0.2) is 25.8 Å². The highest BCUT2D eigenvalue weighted by Crippen LogP contribution is 2.22. The third-order valence-corrected chi connectivity index (χ3v) is 4.42. The highest BCUT2D eigenvalue weighted by atomic mass is 16.5. The van der Waals surface area contributed by atoms with E-state index in [-0.39, 0.29) is 0 Å². The van der Waals surface area contributed by atoms with Gasteiger partial charge in [0, 0.05) is 19.3 Å². The van der Waals surface area contributed by atoms with Crippen LogP contribution >= 0.6 is 0 Å². The third kappa shape index (κ3) is 4.60. The van der Waals surface area contributed by atoms with Crippen LogP contribution in [0.2, 0.25) is 0 Å². The molecule has 1 aromatic carbocycles. The Bertz CT molecular complexity index is 410. The Morgan fingerprint density at radius 2 is 2.00 bits per heavy atom. The van der Waals surface area contributed by atoms with Crippen molar-refractivity contribution in [3.05, 3.63) is 34.9 Å². The molecule has 1 aliphatic rings. The van der Waals surface area contributed by atoms with Crippen molar-refractivity contribution in [1.29, 1.82) is 0 Å². The topological polar surface area (TPSA) is 21.3 Å². The van der Waals surface area contributed by atoms with Gasteiger partial charge in [0.2, 0.25) is 0 Å². The van der Waals surface area contributed by atoms with E-state index in [4.69, 9.17) is 4.74 Å². The van der Waals surface area contributed by atoms with Gasteiger partial charge in [0.1, 0.15) is 0 Å². The first-order chi connectivity index (χ1) is 9.69. The summed E-state index contributed by atoms with van der Waals surface area (Å²) < 4.78 is 5.47. The number of hydrogen-bond acceptors (Lipinski definition) is 2. The minimum absolute atomic E-state index is 0.601. The lowest BCUT2D eigenvalue weighted by Gasteiger charge is -2.27. The van der Waals surface area contributed by atoms with Crippen LogP contribution in [0.3, 0.4) is 0 Å². The van der Waals surface area contributed by atoms with Gasteiger partial charge in [-0.3, -0.25) is 0 Å². The van der Waals surface area contributed by atoms with Crippen molar-refractivity contribution in [1.82, 2.24) is 5.32 Å². The Hall–Kier alpha value is -0.860. The van der Waals surface area contributed by atoms with Crippen molar-refractivity contribution < 1.29 is 4.74 Å². The number of hydrogen-bond donors (Lipinski definition) is 1. The van der Waals surface area contributed by atoms with Crippen LogP contribution < -0.4 is 5.32 Å². The van der Waals surface area contributed by atoms with Gasteiger partial charge in [-0.15, -0.1) is 0 Å². The van der Waals surface area contributed by atoms with E-state index in [2.05, 4.69) is 44.3 Å². The van der Waals surface area contributed by atoms with Crippen molar-refractivity contribution in [2.75, 3.05) is 19.8 Å². The summed E-state index contributed by atoms with van der Waals surface area (Å²) in [7, 11) is 0. The molecule has 0 saturated carbocycles. The van der Waals surface area contributed by atoms with Gasteiger partial charge in [0.15, 0.2) is 0 Å². The minimum atomic E-state index is 0.601. The summed E-state index contributed by atoms with van der Waals surface area (Å²) in [6, 6.07) is 7.41. The molecule has 112 valence electrons. The van der Waals surface area contributed by atoms with Gasteiger partial charge < -0.3 is 10.1 Å². The normalized spacial score (nSPS) is 18.1. The van der Waals surface area contributed by atoms with E-state index in [1.165, 1.54) is 36.0 Å². The van der Waals surface area contributed by atoms with Crippen LogP contribution in [0.25, 0.3) is 0 Å². The molecule has 1 aromatic rings. The molecule has 2 nitrogen and oxygen atoms in total. The molecule has 1 aliphatic heterocycles. The largest absolute Gasteiger partial charge is 0.381 e. The standard InChI is InChI=1S/C18H29NO/c1-4-19-18(12-16-7-9-20-10-8-16)13-17-11-14(2)5-6-15(17)3/h5-6,11,16,18-19H,4,7-10,12-13H2,1-3H3. The Labute approximate surface area is 123 Å². The summed E-state index contributed by atoms with van der Waals surface area (Å²) in [5.41, 5.74) is 4.29. The summed E-state index contributed by atoms with van der Waals surface area (Å²) in [5, 5.41) is 3.68. The van der Waals surface area contributed by atoms with Gasteiger partial charge in [-0.1, -0.05) is 30.7 Å². The van der Waals surface area contributed by atoms with Gasteiger partial charge in [-0.05, 0) is 63.1 Å². The maximum Gasteiger partial charge on any atom is 0.0468 e. The van der Waals surface area contributed by atoms with Crippen LogP contribution in [0.15, 0.2) is 18.2 Å². The molecule has 0 aromatic heterocycles. The maximum absolute atomic E-state index is 5.47. The molecule has 0 spiro atoms. The average molecular weight is 275 g/mol. The Morgan fingerprint density at radius 3 is 2.70 bits per heavy atom. The van der Waals surface area contributed by atoms with Crippen molar-refractivity contribution in [3.8, 4) is 0 Å². The average Bonchev–Trinajstić information content (AvgIpc) is 2.44. The Balaban J connectivity index is 1.98. The zero-order chi connectivity index (χ0) is 14.4. The van der Waals surface area contributed by atoms with Crippen LogP contribution in [0.4, 0.5) is 0 Å². The molecule has 0 radical (unpaired) electrons. The first kappa shape index (κ1) is 15.5. The van der Waals surface area contributed by atoms with E-state index in [0.29, 0.717) is 6.04 Å². The number of benzene rings is 1. The Kier molecular flexibility index (Phi) is 6.06. The maximum atomic E-state index is 5.47. The van der Waals surface area contributed by atoms with Gasteiger partial charge in [-0.2, -0.15) is 0 Å². The molecule has 2 rings (SSSR count). The van der Waals surface area contributed by atoms with E-state index in [0.717, 1.165) is 32.1 Å². The fourth-order valence-corrected chi connectivity index (χ4v) is 3.20. The van der Waals surface area contributed by atoms with E-state index < -0.39 is 0 Å². The quantitative estimate of drug-likeness (QED) is 0.856. The molecule has 1 unspecified atom stereocenters. The summed E-state index contributed by atoms with van der Waals surface area (Å²) in [6.45, 7) is 9.58. The van der Waals surface area contributed by atoms with Crippen molar-refractivity contribution in [2.45, 2.75) is 52.5 Å². The van der Waals surface area contributed by atoms with E-state index in [1.54, 1.807) is 0 Å². The fourth-order valence-electron chi connectivity index (χ4n) is 3.20. The van der Waals surface area contributed by atoms with Crippen molar-refractivity contribution in [3.63, 3.8) is 0 Å². The molecule has 2 heteroatoms. The summed E-state index contributed by atoms with van der Waals surface area (Å²) in [4.78, 5) is 0. The zero-order valence-corrected chi connectivity index (χ0v) is 13.2. The number of nitrogens with one attached hydrogen (secondary N) is 1. The van der Waals surface area contributed by atoms with Crippen LogP contribution in [-0.2, 0) is 11.2 Å². The Morgan fingerprint density at radius 1 is 1.25 bits per heavy atom. The summed E-state index contributed by atoms with van der Waals surface area (Å²) >= 11 is 0. The van der Waals surface area contributed by atoms with Gasteiger partial charge in [-0.25, -0.2) is 0 Å². The molecule has 1 saturated heterocycles. The fraction of sp³-hybridized carbons (Fsp3) is 0.667. The molecular weight excluding hydrogens is 246 g/mol. The van der Waals surface area contributed by atoms with E-state index >= 15 is 0 Å². The molecule has 0 aliphatic carbocycles. The third-order valence-electron chi connectivity index (χ3n) is 4.42. The lowest BCUT2D eigenvalue weighted by molar-refractivity contribution is 0.0606. The SMILES string of the molecule is CCNC(Cc1cc(C)ccc1C)CC1CCOCC1. The molecule has 1 fully saturated rings. The first-order valence-corrected chi connectivity index (χ1v) is 8.06. The van der Waals surface area contributed by atoms with Crippen molar-refractivity contribution >= 4 is 0 Å². The predicted molar refractivity (Wildman–Crippen MR) is 85.2 cm³/mol. The lowest BCUT2D eigenvalue weighted by Crippen LogP contribution is -2.34. The molecule has 1 heterocycles. The highest BCUT2D eigenvalue weighted by molar-refractivity contribution is 5.31. The molecule has 1 atom stereocenters. The van der Waals surface area contributed by atoms with Crippen LogP contribution in [0.5, 0.6) is 0 Å². The second-order valence-corrected chi connectivity index (χ2v) is 6.18. The number of likely N-dealkylation sites (N-methyl/N-ethyl adjacent to an activating group) is 1. The number of ether oxygens (including phenoxy) is 1. The van der Waals surface area contributed by atoms with Gasteiger partial charge >= 0.3 is 0 Å². The van der Waals surface area contributed by atoms with Crippen LogP contribution in [0, 0.1) is 19.8 Å². The number of rotatable bonds is 6. The second-order valence-electron chi connectivity index (χ2n) is 6.18. The smallest absolute Gasteiger partial charge is 0.0468 e. The number of aryl methyl sites for hydroxylation is 2. The lowest BCUT2D eigenvalue weighted by atomic mass is 9.88. The summed E-state index contributed by atoms with van der Waals surface area (Å²) in [6.07, 6.45) is 4.90. The predicted octanol–water partition coefficient (Wildman–Crippen LogP) is 3.64. The van der Waals surface area contributed by atoms with Gasteiger partial charge in [0.25, 0.3) is 0 Å². The van der Waals surface area contributed by atoms with E-state index in [9.17, 15) is 0 Å². The highest BCUT2D eigenvalue weighted by Gasteiger charge is 2.19. The van der Waals surface area contributed by atoms with Crippen molar-refractivity contribution in [2.24, 2.45) is 5.92 Å². The first-order valence-electron chi connectivity index (χ1n) is 8.06. The molecular formula is C18H29NO. The summed E-state index contributed by atoms with van der Waals surface area (Å²) in [5.74, 6) is 0.831. The zero-order valence-electron chi connectivity index (χ0n) is 13.2. The molecule has 1 N–H and O–H groups in total.